The van der Waals surface area contributed by atoms with Gasteiger partial charge < -0.3 is 14.6 Å². The maximum atomic E-state index is 5.64. The summed E-state index contributed by atoms with van der Waals surface area (Å²) in [6, 6.07) is 0. The number of piperidine rings is 1. The topological polar surface area (TPSA) is 60.2 Å². The van der Waals surface area contributed by atoms with Crippen LogP contribution in [0, 0.1) is 0 Å². The molecule has 2 aliphatic heterocycles. The molecule has 2 atom stereocenters. The highest BCUT2D eigenvalue weighted by molar-refractivity contribution is 7.99. The van der Waals surface area contributed by atoms with E-state index in [1.165, 1.54) is 6.42 Å². The number of hydrogen-bond donors (Lipinski definition) is 1. The lowest BCUT2D eigenvalue weighted by atomic mass is 10.00. The molecule has 17 heavy (non-hydrogen) atoms. The molecule has 2 fully saturated rings. The molecule has 0 bridgehead atoms. The Labute approximate surface area is 105 Å². The third kappa shape index (κ3) is 2.64. The van der Waals surface area contributed by atoms with E-state index in [0.717, 1.165) is 49.3 Å². The number of nitrogens with zero attached hydrogens (tertiary/aromatic N) is 2. The molecule has 1 aromatic rings. The van der Waals surface area contributed by atoms with Crippen molar-refractivity contribution in [1.29, 1.82) is 0 Å². The lowest BCUT2D eigenvalue weighted by Crippen LogP contribution is -2.28. The molecule has 0 spiro atoms. The predicted molar refractivity (Wildman–Crippen MR) is 65.2 cm³/mol. The molecule has 3 rings (SSSR count). The fourth-order valence-corrected chi connectivity index (χ4v) is 3.08. The predicted octanol–water partition coefficient (Wildman–Crippen LogP) is 1.34. The lowest BCUT2D eigenvalue weighted by molar-refractivity contribution is 0.0677. The van der Waals surface area contributed by atoms with E-state index in [9.17, 15) is 0 Å². The largest absolute Gasteiger partial charge is 0.368 e. The van der Waals surface area contributed by atoms with E-state index in [4.69, 9.17) is 9.26 Å². The van der Waals surface area contributed by atoms with Gasteiger partial charge in [0.05, 0.1) is 12.5 Å². The van der Waals surface area contributed by atoms with Gasteiger partial charge in [0.25, 0.3) is 0 Å². The van der Waals surface area contributed by atoms with Crippen molar-refractivity contribution in [2.45, 2.75) is 24.9 Å². The second-order valence-corrected chi connectivity index (χ2v) is 5.62. The Hall–Kier alpha value is -0.590. The summed E-state index contributed by atoms with van der Waals surface area (Å²) in [6.07, 6.45) is 2.33. The summed E-state index contributed by atoms with van der Waals surface area (Å²) in [4.78, 5) is 4.50. The molecule has 6 heteroatoms. The van der Waals surface area contributed by atoms with Crippen LogP contribution in [0.15, 0.2) is 4.52 Å². The highest BCUT2D eigenvalue weighted by atomic mass is 32.2. The van der Waals surface area contributed by atoms with E-state index in [2.05, 4.69) is 15.5 Å². The zero-order valence-corrected chi connectivity index (χ0v) is 10.5. The van der Waals surface area contributed by atoms with Crippen LogP contribution in [0.3, 0.4) is 0 Å². The van der Waals surface area contributed by atoms with Crippen molar-refractivity contribution < 1.29 is 9.26 Å². The van der Waals surface area contributed by atoms with Gasteiger partial charge in [0, 0.05) is 18.1 Å². The minimum absolute atomic E-state index is 0.0165. The van der Waals surface area contributed by atoms with Crippen LogP contribution >= 0.6 is 11.8 Å². The first-order chi connectivity index (χ1) is 8.43. The van der Waals surface area contributed by atoms with E-state index in [1.54, 1.807) is 0 Å². The summed E-state index contributed by atoms with van der Waals surface area (Å²) in [5.74, 6) is 3.86. The van der Waals surface area contributed by atoms with Gasteiger partial charge in [-0.25, -0.2) is 0 Å². The number of thioether (sulfide) groups is 1. The van der Waals surface area contributed by atoms with Crippen LogP contribution in [0.5, 0.6) is 0 Å². The van der Waals surface area contributed by atoms with Crippen LogP contribution in [0.2, 0.25) is 0 Å². The van der Waals surface area contributed by atoms with Gasteiger partial charge in [0.2, 0.25) is 11.7 Å². The Balaban J connectivity index is 1.68. The van der Waals surface area contributed by atoms with Crippen LogP contribution < -0.4 is 5.32 Å². The van der Waals surface area contributed by atoms with Gasteiger partial charge in [0.1, 0.15) is 6.10 Å². The monoisotopic (exact) mass is 255 g/mol. The summed E-state index contributed by atoms with van der Waals surface area (Å²) in [5, 5.41) is 7.42. The van der Waals surface area contributed by atoms with E-state index in [0.29, 0.717) is 5.92 Å². The Bertz CT molecular complexity index is 327. The first-order valence-electron chi connectivity index (χ1n) is 6.17. The molecule has 0 saturated carbocycles. The van der Waals surface area contributed by atoms with E-state index < -0.39 is 0 Å². The third-order valence-corrected chi connectivity index (χ3v) is 4.20. The van der Waals surface area contributed by atoms with Crippen molar-refractivity contribution in [2.24, 2.45) is 0 Å². The normalized spacial score (nSPS) is 30.4. The van der Waals surface area contributed by atoms with Gasteiger partial charge in [-0.05, 0) is 19.4 Å². The van der Waals surface area contributed by atoms with Gasteiger partial charge in [-0.1, -0.05) is 5.16 Å². The third-order valence-electron chi connectivity index (χ3n) is 3.21. The molecule has 2 aliphatic rings. The maximum absolute atomic E-state index is 5.64. The number of rotatable bonds is 2. The molecule has 1 aromatic heterocycles. The minimum atomic E-state index is 0.0165. The van der Waals surface area contributed by atoms with Gasteiger partial charge >= 0.3 is 0 Å². The molecule has 1 N–H and O–H groups in total. The van der Waals surface area contributed by atoms with Crippen LogP contribution in [0.4, 0.5) is 0 Å². The second kappa shape index (κ2) is 5.37. The average Bonchev–Trinajstić information content (AvgIpc) is 2.90. The Kier molecular flexibility index (Phi) is 3.63. The number of hydrogen-bond acceptors (Lipinski definition) is 6. The van der Waals surface area contributed by atoms with E-state index in [-0.39, 0.29) is 6.10 Å². The van der Waals surface area contributed by atoms with Gasteiger partial charge in [-0.3, -0.25) is 0 Å². The SMILES string of the molecule is C1CNCC(c2nc(C3CSCCO3)no2)C1. The van der Waals surface area contributed by atoms with Crippen LogP contribution in [0.1, 0.15) is 36.6 Å². The Morgan fingerprint density at radius 2 is 2.41 bits per heavy atom. The smallest absolute Gasteiger partial charge is 0.231 e. The first kappa shape index (κ1) is 11.5. The second-order valence-electron chi connectivity index (χ2n) is 4.47. The summed E-state index contributed by atoms with van der Waals surface area (Å²) in [7, 11) is 0. The lowest BCUT2D eigenvalue weighted by Gasteiger charge is -2.19. The van der Waals surface area contributed by atoms with Crippen molar-refractivity contribution in [3.05, 3.63) is 11.7 Å². The summed E-state index contributed by atoms with van der Waals surface area (Å²) >= 11 is 1.88. The van der Waals surface area contributed by atoms with Crippen molar-refractivity contribution in [3.63, 3.8) is 0 Å². The molecule has 0 radical (unpaired) electrons. The fourth-order valence-electron chi connectivity index (χ4n) is 2.24. The highest BCUT2D eigenvalue weighted by Crippen LogP contribution is 2.27. The summed E-state index contributed by atoms with van der Waals surface area (Å²) in [5.41, 5.74) is 0. The number of nitrogens with one attached hydrogen (secondary N) is 1. The van der Waals surface area contributed by atoms with Crippen LogP contribution in [-0.4, -0.2) is 41.3 Å². The zero-order chi connectivity index (χ0) is 11.5. The summed E-state index contributed by atoms with van der Waals surface area (Å²) < 4.78 is 11.0. The number of ether oxygens (including phenoxy) is 1. The van der Waals surface area contributed by atoms with Crippen molar-refractivity contribution in [2.75, 3.05) is 31.2 Å². The van der Waals surface area contributed by atoms with Crippen molar-refractivity contribution >= 4 is 11.8 Å². The molecule has 3 heterocycles. The highest BCUT2D eigenvalue weighted by Gasteiger charge is 2.26. The standard InChI is InChI=1S/C11H17N3O2S/c1-2-8(6-12-3-1)11-13-10(14-16-11)9-7-17-5-4-15-9/h8-9,12H,1-7H2. The maximum Gasteiger partial charge on any atom is 0.231 e. The van der Waals surface area contributed by atoms with Gasteiger partial charge in [0.15, 0.2) is 0 Å². The molecule has 0 aliphatic carbocycles. The molecule has 0 aromatic carbocycles. The van der Waals surface area contributed by atoms with Gasteiger partial charge in [-0.2, -0.15) is 16.7 Å². The number of aromatic nitrogens is 2. The molecule has 2 unspecified atom stereocenters. The Morgan fingerprint density at radius 1 is 1.41 bits per heavy atom. The molecular formula is C11H17N3O2S. The van der Waals surface area contributed by atoms with Crippen molar-refractivity contribution in [1.82, 2.24) is 15.5 Å². The zero-order valence-electron chi connectivity index (χ0n) is 9.72. The Morgan fingerprint density at radius 3 is 3.18 bits per heavy atom. The minimum Gasteiger partial charge on any atom is -0.368 e. The summed E-state index contributed by atoms with van der Waals surface area (Å²) in [6.45, 7) is 2.83. The van der Waals surface area contributed by atoms with E-state index >= 15 is 0 Å². The van der Waals surface area contributed by atoms with E-state index in [1.807, 2.05) is 11.8 Å². The molecule has 94 valence electrons. The first-order valence-corrected chi connectivity index (χ1v) is 7.32. The average molecular weight is 255 g/mol. The molecular weight excluding hydrogens is 238 g/mol. The van der Waals surface area contributed by atoms with Crippen molar-refractivity contribution in [3.8, 4) is 0 Å². The van der Waals surface area contributed by atoms with Crippen LogP contribution in [0.25, 0.3) is 0 Å². The fraction of sp³-hybridized carbons (Fsp3) is 0.818. The quantitative estimate of drug-likeness (QED) is 0.860. The molecule has 2 saturated heterocycles. The molecule has 5 nitrogen and oxygen atoms in total. The molecule has 0 amide bonds. The van der Waals surface area contributed by atoms with Crippen LogP contribution in [-0.2, 0) is 4.74 Å². The van der Waals surface area contributed by atoms with Gasteiger partial charge in [-0.15, -0.1) is 0 Å².